The maximum Gasteiger partial charge on any atom is 0.263 e. The zero-order chi connectivity index (χ0) is 7.68. The van der Waals surface area contributed by atoms with E-state index in [2.05, 4.69) is 20.4 Å². The van der Waals surface area contributed by atoms with E-state index < -0.39 is 0 Å². The predicted molar refractivity (Wildman–Crippen MR) is 39.1 cm³/mol. The topological polar surface area (TPSA) is 63.8 Å². The molecule has 0 aromatic carbocycles. The van der Waals surface area contributed by atoms with Crippen LogP contribution in [0.3, 0.4) is 0 Å². The molecule has 5 heteroatoms. The maximum atomic E-state index is 4.88. The van der Waals surface area contributed by atoms with Crippen molar-refractivity contribution in [2.24, 2.45) is 0 Å². The molecule has 2 rings (SSSR count). The summed E-state index contributed by atoms with van der Waals surface area (Å²) in [6, 6.07) is 0. The lowest BCUT2D eigenvalue weighted by molar-refractivity contribution is 0.451. The van der Waals surface area contributed by atoms with Gasteiger partial charge in [0.05, 0.1) is 0 Å². The van der Waals surface area contributed by atoms with Crippen LogP contribution in [0.15, 0.2) is 17.0 Å². The lowest BCUT2D eigenvalue weighted by atomic mass is 10.4. The molecule has 0 saturated heterocycles. The van der Waals surface area contributed by atoms with Crippen LogP contribution in [0, 0.1) is 0 Å². The van der Waals surface area contributed by atoms with Gasteiger partial charge in [0.15, 0.2) is 5.82 Å². The minimum Gasteiger partial charge on any atom is -0.370 e. The quantitative estimate of drug-likeness (QED) is 0.646. The Balaban J connectivity index is 2.76. The molecule has 1 N–H and O–H groups in total. The Kier molecular flexibility index (Phi) is 1.21. The van der Waals surface area contributed by atoms with Crippen LogP contribution in [-0.4, -0.2) is 22.2 Å². The van der Waals surface area contributed by atoms with Crippen LogP contribution < -0.4 is 5.32 Å². The number of anilines is 1. The molecule has 0 fully saturated rings. The average molecular weight is 150 g/mol. The van der Waals surface area contributed by atoms with Crippen molar-refractivity contribution in [3.8, 4) is 0 Å². The Morgan fingerprint density at radius 3 is 3.27 bits per heavy atom. The zero-order valence-corrected chi connectivity index (χ0v) is 5.90. The molecule has 0 bridgehead atoms. The van der Waals surface area contributed by atoms with Gasteiger partial charge in [-0.1, -0.05) is 5.16 Å². The van der Waals surface area contributed by atoms with Crippen molar-refractivity contribution < 1.29 is 4.52 Å². The maximum absolute atomic E-state index is 4.88. The van der Waals surface area contributed by atoms with Crippen molar-refractivity contribution >= 4 is 16.9 Å². The van der Waals surface area contributed by atoms with Gasteiger partial charge in [-0.25, -0.2) is 4.98 Å². The van der Waals surface area contributed by atoms with E-state index in [9.17, 15) is 0 Å². The molecule has 0 aliphatic carbocycles. The summed E-state index contributed by atoms with van der Waals surface area (Å²) in [6.07, 6.45) is 3.08. The molecule has 5 nitrogen and oxygen atoms in total. The van der Waals surface area contributed by atoms with Crippen molar-refractivity contribution in [1.82, 2.24) is 15.1 Å². The van der Waals surface area contributed by atoms with E-state index in [1.807, 2.05) is 0 Å². The van der Waals surface area contributed by atoms with E-state index in [0.29, 0.717) is 11.5 Å². The fourth-order valence-corrected chi connectivity index (χ4v) is 0.872. The van der Waals surface area contributed by atoms with Crippen molar-refractivity contribution in [2.75, 3.05) is 12.4 Å². The summed E-state index contributed by atoms with van der Waals surface area (Å²) >= 11 is 0. The van der Waals surface area contributed by atoms with Crippen LogP contribution in [0.2, 0.25) is 0 Å². The fraction of sp³-hybridized carbons (Fsp3) is 0.167. The molecule has 0 saturated carbocycles. The summed E-state index contributed by atoms with van der Waals surface area (Å²) in [7, 11) is 1.77. The SMILES string of the molecule is CNc1noc2ncncc12. The number of fused-ring (bicyclic) bond motifs is 1. The van der Waals surface area contributed by atoms with Crippen LogP contribution in [0.4, 0.5) is 5.82 Å². The Morgan fingerprint density at radius 2 is 2.45 bits per heavy atom. The fourth-order valence-electron chi connectivity index (χ4n) is 0.872. The normalized spacial score (nSPS) is 10.3. The van der Waals surface area contributed by atoms with Gasteiger partial charge in [0, 0.05) is 13.2 Å². The lowest BCUT2D eigenvalue weighted by Crippen LogP contribution is -1.87. The van der Waals surface area contributed by atoms with Crippen LogP contribution >= 0.6 is 0 Å². The molecular formula is C6H6N4O. The van der Waals surface area contributed by atoms with Crippen molar-refractivity contribution in [2.45, 2.75) is 0 Å². The van der Waals surface area contributed by atoms with Crippen molar-refractivity contribution in [1.29, 1.82) is 0 Å². The second-order valence-corrected chi connectivity index (χ2v) is 2.02. The Bertz CT molecular complexity index is 369. The summed E-state index contributed by atoms with van der Waals surface area (Å²) in [5, 5.41) is 7.39. The largest absolute Gasteiger partial charge is 0.370 e. The number of rotatable bonds is 1. The molecule has 56 valence electrons. The van der Waals surface area contributed by atoms with Gasteiger partial charge in [0.2, 0.25) is 0 Å². The second-order valence-electron chi connectivity index (χ2n) is 2.02. The first kappa shape index (κ1) is 6.09. The summed E-state index contributed by atoms with van der Waals surface area (Å²) in [5.41, 5.74) is 0.504. The number of nitrogens with one attached hydrogen (secondary N) is 1. The molecule has 0 aliphatic heterocycles. The van der Waals surface area contributed by atoms with Gasteiger partial charge in [-0.15, -0.1) is 0 Å². The Morgan fingerprint density at radius 1 is 1.55 bits per heavy atom. The highest BCUT2D eigenvalue weighted by Crippen LogP contribution is 2.17. The third kappa shape index (κ3) is 0.813. The lowest BCUT2D eigenvalue weighted by Gasteiger charge is -1.88. The van der Waals surface area contributed by atoms with Crippen molar-refractivity contribution in [3.05, 3.63) is 12.5 Å². The number of aromatic nitrogens is 3. The third-order valence-corrected chi connectivity index (χ3v) is 1.39. The molecule has 0 spiro atoms. The molecule has 0 unspecified atom stereocenters. The van der Waals surface area contributed by atoms with E-state index in [1.54, 1.807) is 13.2 Å². The smallest absolute Gasteiger partial charge is 0.263 e. The van der Waals surface area contributed by atoms with E-state index in [-0.39, 0.29) is 0 Å². The molecule has 0 atom stereocenters. The third-order valence-electron chi connectivity index (χ3n) is 1.39. The van der Waals surface area contributed by atoms with E-state index >= 15 is 0 Å². The van der Waals surface area contributed by atoms with E-state index in [4.69, 9.17) is 4.52 Å². The van der Waals surface area contributed by atoms with Crippen LogP contribution in [0.1, 0.15) is 0 Å². The number of hydrogen-bond acceptors (Lipinski definition) is 5. The summed E-state index contributed by atoms with van der Waals surface area (Å²) in [6.45, 7) is 0. The van der Waals surface area contributed by atoms with Gasteiger partial charge in [0.1, 0.15) is 11.7 Å². The summed E-state index contributed by atoms with van der Waals surface area (Å²) in [4.78, 5) is 7.71. The molecular weight excluding hydrogens is 144 g/mol. The van der Waals surface area contributed by atoms with E-state index in [0.717, 1.165) is 5.39 Å². The van der Waals surface area contributed by atoms with Crippen LogP contribution in [0.5, 0.6) is 0 Å². The van der Waals surface area contributed by atoms with Crippen LogP contribution in [0.25, 0.3) is 11.1 Å². The predicted octanol–water partition coefficient (Wildman–Crippen LogP) is 0.659. The summed E-state index contributed by atoms with van der Waals surface area (Å²) < 4.78 is 4.88. The first-order valence-corrected chi connectivity index (χ1v) is 3.15. The average Bonchev–Trinajstić information content (AvgIpc) is 2.47. The van der Waals surface area contributed by atoms with Crippen LogP contribution in [-0.2, 0) is 0 Å². The molecule has 2 aromatic rings. The minimum atomic E-state index is 0.504. The summed E-state index contributed by atoms with van der Waals surface area (Å²) in [5.74, 6) is 0.667. The van der Waals surface area contributed by atoms with Gasteiger partial charge >= 0.3 is 0 Å². The Hall–Kier alpha value is -1.65. The minimum absolute atomic E-state index is 0.504. The highest BCUT2D eigenvalue weighted by Gasteiger charge is 2.05. The molecule has 11 heavy (non-hydrogen) atoms. The molecule has 2 heterocycles. The molecule has 0 amide bonds. The zero-order valence-electron chi connectivity index (χ0n) is 5.90. The van der Waals surface area contributed by atoms with Crippen molar-refractivity contribution in [3.63, 3.8) is 0 Å². The highest BCUT2D eigenvalue weighted by molar-refractivity contribution is 5.84. The molecule has 0 aliphatic rings. The van der Waals surface area contributed by atoms with Gasteiger partial charge in [0.25, 0.3) is 5.71 Å². The number of nitrogens with zero attached hydrogens (tertiary/aromatic N) is 3. The van der Waals surface area contributed by atoms with Gasteiger partial charge < -0.3 is 9.84 Å². The first-order valence-electron chi connectivity index (χ1n) is 3.15. The first-order chi connectivity index (χ1) is 5.42. The van der Waals surface area contributed by atoms with Gasteiger partial charge in [-0.3, -0.25) is 0 Å². The standard InChI is InChI=1S/C6H6N4O/c1-7-5-4-2-8-3-9-6(4)11-10-5/h2-3H,1H3,(H,7,10). The molecule has 0 radical (unpaired) electrons. The van der Waals surface area contributed by atoms with Gasteiger partial charge in [-0.05, 0) is 0 Å². The molecule has 2 aromatic heterocycles. The highest BCUT2D eigenvalue weighted by atomic mass is 16.5. The number of hydrogen-bond donors (Lipinski definition) is 1. The Labute approximate surface area is 62.4 Å². The van der Waals surface area contributed by atoms with E-state index in [1.165, 1.54) is 6.33 Å². The van der Waals surface area contributed by atoms with Gasteiger partial charge in [-0.2, -0.15) is 4.98 Å². The second kappa shape index (κ2) is 2.19. The monoisotopic (exact) mass is 150 g/mol.